The molecule has 0 aliphatic heterocycles. The third-order valence-corrected chi connectivity index (χ3v) is 2.64. The van der Waals surface area contributed by atoms with E-state index in [0.717, 1.165) is 0 Å². The largest absolute Gasteiger partial charge is 0.455 e. The summed E-state index contributed by atoms with van der Waals surface area (Å²) >= 11 is 5.86. The van der Waals surface area contributed by atoms with Crippen molar-refractivity contribution in [1.29, 1.82) is 10.5 Å². The van der Waals surface area contributed by atoms with Crippen LogP contribution in [0.1, 0.15) is 11.1 Å². The smallest absolute Gasteiger partial charge is 0.146 e. The van der Waals surface area contributed by atoms with Crippen molar-refractivity contribution in [1.82, 2.24) is 0 Å². The van der Waals surface area contributed by atoms with Crippen molar-refractivity contribution >= 4 is 17.3 Å². The van der Waals surface area contributed by atoms with E-state index in [1.807, 2.05) is 12.1 Å². The second-order valence-corrected chi connectivity index (χ2v) is 4.16. The van der Waals surface area contributed by atoms with Crippen LogP contribution in [-0.2, 0) is 0 Å². The Kier molecular flexibility index (Phi) is 3.56. The van der Waals surface area contributed by atoms with E-state index in [1.54, 1.807) is 24.3 Å². The maximum Gasteiger partial charge on any atom is 0.146 e. The van der Waals surface area contributed by atoms with Crippen molar-refractivity contribution in [3.8, 4) is 23.6 Å². The minimum atomic E-state index is 0.295. The monoisotopic (exact) mass is 269 g/mol. The van der Waals surface area contributed by atoms with Gasteiger partial charge in [0, 0.05) is 16.8 Å². The number of hydrogen-bond donors (Lipinski definition) is 1. The Bertz CT molecular complexity index is 714. The Morgan fingerprint density at radius 1 is 0.947 bits per heavy atom. The first-order valence-electron chi connectivity index (χ1n) is 5.31. The number of nitrogens with zero attached hydrogens (tertiary/aromatic N) is 2. The molecule has 0 unspecified atom stereocenters. The summed E-state index contributed by atoms with van der Waals surface area (Å²) in [5.74, 6) is 0.631. The fourth-order valence-electron chi connectivity index (χ4n) is 1.52. The van der Waals surface area contributed by atoms with Crippen LogP contribution >= 0.6 is 11.6 Å². The van der Waals surface area contributed by atoms with Crippen molar-refractivity contribution in [2.24, 2.45) is 0 Å². The number of benzene rings is 2. The van der Waals surface area contributed by atoms with Crippen LogP contribution < -0.4 is 10.5 Å². The lowest BCUT2D eigenvalue weighted by Crippen LogP contribution is -1.93. The first-order chi connectivity index (χ1) is 9.13. The van der Waals surface area contributed by atoms with Gasteiger partial charge in [-0.1, -0.05) is 11.6 Å². The molecular weight excluding hydrogens is 262 g/mol. The summed E-state index contributed by atoms with van der Waals surface area (Å²) in [6, 6.07) is 13.4. The van der Waals surface area contributed by atoms with Gasteiger partial charge in [-0.15, -0.1) is 0 Å². The van der Waals surface area contributed by atoms with Crippen LogP contribution in [0.4, 0.5) is 5.69 Å². The second kappa shape index (κ2) is 5.30. The zero-order valence-electron chi connectivity index (χ0n) is 9.72. The Morgan fingerprint density at radius 2 is 1.68 bits per heavy atom. The highest BCUT2D eigenvalue weighted by Gasteiger charge is 2.09. The average molecular weight is 270 g/mol. The van der Waals surface area contributed by atoms with Crippen molar-refractivity contribution in [3.05, 3.63) is 52.5 Å². The van der Waals surface area contributed by atoms with Gasteiger partial charge < -0.3 is 10.5 Å². The van der Waals surface area contributed by atoms with Gasteiger partial charge in [-0.3, -0.25) is 0 Å². The lowest BCUT2D eigenvalue weighted by atomic mass is 10.2. The number of ether oxygens (including phenoxy) is 1. The maximum absolute atomic E-state index is 9.03. The predicted octanol–water partition coefficient (Wildman–Crippen LogP) is 3.46. The van der Waals surface area contributed by atoms with Gasteiger partial charge in [0.2, 0.25) is 0 Å². The minimum Gasteiger partial charge on any atom is -0.455 e. The van der Waals surface area contributed by atoms with Gasteiger partial charge in [-0.25, -0.2) is 0 Å². The standard InChI is InChI=1S/C14H8ClN3O/c15-11-2-1-9(7-16)14(6-11)19-13-4-3-12(18)5-10(13)8-17/h1-6H,18H2. The van der Waals surface area contributed by atoms with Gasteiger partial charge in [0.1, 0.15) is 23.6 Å². The fourth-order valence-corrected chi connectivity index (χ4v) is 1.68. The number of anilines is 1. The molecule has 0 aliphatic carbocycles. The Hall–Kier alpha value is -2.69. The quantitative estimate of drug-likeness (QED) is 0.846. The summed E-state index contributed by atoms with van der Waals surface area (Å²) in [6.45, 7) is 0. The summed E-state index contributed by atoms with van der Waals surface area (Å²) < 4.78 is 5.57. The molecular formula is C14H8ClN3O. The summed E-state index contributed by atoms with van der Waals surface area (Å²) in [5.41, 5.74) is 6.70. The lowest BCUT2D eigenvalue weighted by molar-refractivity contribution is 0.479. The van der Waals surface area contributed by atoms with Gasteiger partial charge in [0.05, 0.1) is 11.1 Å². The summed E-state index contributed by atoms with van der Waals surface area (Å²) in [7, 11) is 0. The average Bonchev–Trinajstić information content (AvgIpc) is 2.41. The molecule has 2 N–H and O–H groups in total. The van der Waals surface area contributed by atoms with Gasteiger partial charge in [0.25, 0.3) is 0 Å². The van der Waals surface area contributed by atoms with E-state index in [-0.39, 0.29) is 0 Å². The van der Waals surface area contributed by atoms with E-state index in [4.69, 9.17) is 32.6 Å². The van der Waals surface area contributed by atoms with Crippen LogP contribution in [0.25, 0.3) is 0 Å². The van der Waals surface area contributed by atoms with Crippen LogP contribution in [0.15, 0.2) is 36.4 Å². The number of nitriles is 2. The number of rotatable bonds is 2. The Morgan fingerprint density at radius 3 is 2.37 bits per heavy atom. The highest BCUT2D eigenvalue weighted by molar-refractivity contribution is 6.30. The molecule has 0 spiro atoms. The molecule has 2 rings (SSSR count). The zero-order valence-corrected chi connectivity index (χ0v) is 10.5. The molecule has 0 atom stereocenters. The third-order valence-electron chi connectivity index (χ3n) is 2.41. The van der Waals surface area contributed by atoms with Crippen LogP contribution in [0.3, 0.4) is 0 Å². The van der Waals surface area contributed by atoms with Gasteiger partial charge in [-0.2, -0.15) is 10.5 Å². The van der Waals surface area contributed by atoms with Crippen LogP contribution in [-0.4, -0.2) is 0 Å². The number of nitrogens with two attached hydrogens (primary N) is 1. The topological polar surface area (TPSA) is 82.8 Å². The van der Waals surface area contributed by atoms with Crippen molar-refractivity contribution in [2.45, 2.75) is 0 Å². The highest BCUT2D eigenvalue weighted by atomic mass is 35.5. The van der Waals surface area contributed by atoms with Crippen LogP contribution in [0.2, 0.25) is 5.02 Å². The maximum atomic E-state index is 9.03. The van der Waals surface area contributed by atoms with Gasteiger partial charge in [-0.05, 0) is 30.3 Å². The molecule has 0 bridgehead atoms. The molecule has 2 aromatic rings. The molecule has 92 valence electrons. The van der Waals surface area contributed by atoms with Crippen molar-refractivity contribution in [3.63, 3.8) is 0 Å². The van der Waals surface area contributed by atoms with E-state index in [2.05, 4.69) is 0 Å². The molecule has 0 aromatic heterocycles. The summed E-state index contributed by atoms with van der Waals surface area (Å²) in [4.78, 5) is 0. The molecule has 0 saturated carbocycles. The molecule has 0 saturated heterocycles. The predicted molar refractivity (Wildman–Crippen MR) is 71.8 cm³/mol. The molecule has 0 heterocycles. The molecule has 5 heteroatoms. The molecule has 0 radical (unpaired) electrons. The second-order valence-electron chi connectivity index (χ2n) is 3.72. The molecule has 0 fully saturated rings. The highest BCUT2D eigenvalue weighted by Crippen LogP contribution is 2.30. The van der Waals surface area contributed by atoms with E-state index < -0.39 is 0 Å². The van der Waals surface area contributed by atoms with Crippen LogP contribution in [0, 0.1) is 22.7 Å². The zero-order chi connectivity index (χ0) is 13.8. The summed E-state index contributed by atoms with van der Waals surface area (Å²) in [6.07, 6.45) is 0. The Labute approximate surface area is 115 Å². The van der Waals surface area contributed by atoms with Crippen molar-refractivity contribution in [2.75, 3.05) is 5.73 Å². The molecule has 2 aromatic carbocycles. The SMILES string of the molecule is N#Cc1cc(N)ccc1Oc1cc(Cl)ccc1C#N. The normalized spacial score (nSPS) is 9.42. The van der Waals surface area contributed by atoms with Crippen molar-refractivity contribution < 1.29 is 4.74 Å². The fraction of sp³-hybridized carbons (Fsp3) is 0. The lowest BCUT2D eigenvalue weighted by Gasteiger charge is -2.09. The van der Waals surface area contributed by atoms with Gasteiger partial charge >= 0.3 is 0 Å². The Balaban J connectivity index is 2.45. The van der Waals surface area contributed by atoms with Crippen LogP contribution in [0.5, 0.6) is 11.5 Å². The van der Waals surface area contributed by atoms with E-state index in [9.17, 15) is 0 Å². The van der Waals surface area contributed by atoms with E-state index >= 15 is 0 Å². The number of halogens is 1. The van der Waals surface area contributed by atoms with E-state index in [0.29, 0.717) is 33.3 Å². The summed E-state index contributed by atoms with van der Waals surface area (Å²) in [5, 5.41) is 18.5. The number of hydrogen-bond acceptors (Lipinski definition) is 4. The third kappa shape index (κ3) is 2.77. The molecule has 19 heavy (non-hydrogen) atoms. The van der Waals surface area contributed by atoms with Gasteiger partial charge in [0.15, 0.2) is 0 Å². The minimum absolute atomic E-state index is 0.295. The van der Waals surface area contributed by atoms with E-state index in [1.165, 1.54) is 12.1 Å². The molecule has 4 nitrogen and oxygen atoms in total. The molecule has 0 amide bonds. The first kappa shape index (κ1) is 12.8. The molecule has 0 aliphatic rings. The number of nitrogen functional groups attached to an aromatic ring is 1. The first-order valence-corrected chi connectivity index (χ1v) is 5.69.